The van der Waals surface area contributed by atoms with Crippen molar-refractivity contribution >= 4 is 35.2 Å². The second-order valence-corrected chi connectivity index (χ2v) is 7.71. The summed E-state index contributed by atoms with van der Waals surface area (Å²) in [5.74, 6) is 1.94. The predicted octanol–water partition coefficient (Wildman–Crippen LogP) is 5.08. The van der Waals surface area contributed by atoms with Crippen molar-refractivity contribution in [1.29, 1.82) is 0 Å². The van der Waals surface area contributed by atoms with Gasteiger partial charge < -0.3 is 9.64 Å². The van der Waals surface area contributed by atoms with Crippen LogP contribution in [0, 0.1) is 13.8 Å². The zero-order chi connectivity index (χ0) is 18.6. The number of halogens is 1. The van der Waals surface area contributed by atoms with Crippen molar-refractivity contribution in [2.24, 2.45) is 4.99 Å². The van der Waals surface area contributed by atoms with Crippen molar-refractivity contribution < 1.29 is 4.74 Å². The lowest BCUT2D eigenvalue weighted by Gasteiger charge is -2.16. The molecule has 1 heterocycles. The van der Waals surface area contributed by atoms with E-state index < -0.39 is 0 Å². The molecule has 0 fully saturated rings. The normalized spacial score (nSPS) is 12.0. The van der Waals surface area contributed by atoms with Crippen LogP contribution >= 0.6 is 23.1 Å². The molecule has 0 bridgehead atoms. The van der Waals surface area contributed by atoms with Crippen LogP contribution in [0.25, 0.3) is 0 Å². The highest BCUT2D eigenvalue weighted by atomic mass is 35.5. The number of hydrogen-bond acceptors (Lipinski definition) is 5. The van der Waals surface area contributed by atoms with Gasteiger partial charge >= 0.3 is 0 Å². The standard InChI is InChI=1S/C18H25ClN4OS/c1-7-23(6)11-20-14-8-13(3)15(9-12(14)2)24-17-21-16(22-25-17)18(4,5)10-19/h8-9,11H,7,10H2,1-6H3/b20-11-. The molecule has 0 spiro atoms. The number of aromatic nitrogens is 2. The molecule has 0 atom stereocenters. The molecule has 7 heteroatoms. The van der Waals surface area contributed by atoms with Gasteiger partial charge in [0.05, 0.1) is 12.0 Å². The summed E-state index contributed by atoms with van der Waals surface area (Å²) < 4.78 is 10.3. The Morgan fingerprint density at radius 3 is 2.68 bits per heavy atom. The summed E-state index contributed by atoms with van der Waals surface area (Å²) in [5, 5.41) is 0.526. The number of aliphatic imine (C=N–C) groups is 1. The minimum absolute atomic E-state index is 0.269. The molecule has 0 saturated heterocycles. The monoisotopic (exact) mass is 380 g/mol. The van der Waals surface area contributed by atoms with Gasteiger partial charge in [-0.3, -0.25) is 0 Å². The Kier molecular flexibility index (Phi) is 6.41. The lowest BCUT2D eigenvalue weighted by Crippen LogP contribution is -2.20. The van der Waals surface area contributed by atoms with Gasteiger partial charge in [-0.15, -0.1) is 11.6 Å². The lowest BCUT2D eigenvalue weighted by atomic mass is 9.96. The van der Waals surface area contributed by atoms with Crippen LogP contribution in [0.1, 0.15) is 37.7 Å². The number of alkyl halides is 1. The van der Waals surface area contributed by atoms with Crippen molar-refractivity contribution in [3.8, 4) is 10.9 Å². The van der Waals surface area contributed by atoms with Gasteiger partial charge in [-0.2, -0.15) is 9.36 Å². The highest BCUT2D eigenvalue weighted by Gasteiger charge is 2.25. The Balaban J connectivity index is 2.21. The molecule has 136 valence electrons. The van der Waals surface area contributed by atoms with Crippen molar-refractivity contribution in [2.45, 2.75) is 40.0 Å². The molecule has 0 N–H and O–H groups in total. The van der Waals surface area contributed by atoms with Gasteiger partial charge in [-0.05, 0) is 44.0 Å². The summed E-state index contributed by atoms with van der Waals surface area (Å²) in [5.41, 5.74) is 2.72. The molecule has 0 amide bonds. The van der Waals surface area contributed by atoms with Crippen LogP contribution in [0.5, 0.6) is 10.9 Å². The summed E-state index contributed by atoms with van der Waals surface area (Å²) in [6.45, 7) is 11.1. The molecular formula is C18H25ClN4OS. The van der Waals surface area contributed by atoms with E-state index >= 15 is 0 Å². The first-order chi connectivity index (χ1) is 11.8. The maximum absolute atomic E-state index is 5.99. The Labute approximate surface area is 158 Å². The van der Waals surface area contributed by atoms with E-state index in [1.165, 1.54) is 11.5 Å². The highest BCUT2D eigenvalue weighted by Crippen LogP contribution is 2.33. The van der Waals surface area contributed by atoms with Crippen LogP contribution in [-0.2, 0) is 5.41 Å². The fourth-order valence-corrected chi connectivity index (χ4v) is 2.77. The first-order valence-corrected chi connectivity index (χ1v) is 9.51. The van der Waals surface area contributed by atoms with E-state index in [1.807, 2.05) is 58.1 Å². The highest BCUT2D eigenvalue weighted by molar-refractivity contribution is 7.07. The van der Waals surface area contributed by atoms with Gasteiger partial charge in [0.15, 0.2) is 5.82 Å². The van der Waals surface area contributed by atoms with Crippen LogP contribution in [0.2, 0.25) is 0 Å². The molecule has 2 aromatic rings. The van der Waals surface area contributed by atoms with Crippen LogP contribution in [0.3, 0.4) is 0 Å². The number of aryl methyl sites for hydroxylation is 2. The molecular weight excluding hydrogens is 356 g/mol. The topological polar surface area (TPSA) is 50.6 Å². The van der Waals surface area contributed by atoms with E-state index in [0.717, 1.165) is 29.1 Å². The maximum Gasteiger partial charge on any atom is 0.298 e. The summed E-state index contributed by atoms with van der Waals surface area (Å²) in [4.78, 5) is 11.0. The Hall–Kier alpha value is -1.66. The van der Waals surface area contributed by atoms with E-state index in [2.05, 4.69) is 21.3 Å². The molecule has 2 rings (SSSR count). The fourth-order valence-electron chi connectivity index (χ4n) is 1.95. The average molecular weight is 381 g/mol. The quantitative estimate of drug-likeness (QED) is 0.382. The van der Waals surface area contributed by atoms with Crippen LogP contribution < -0.4 is 4.74 Å². The molecule has 1 aromatic heterocycles. The third-order valence-corrected chi connectivity index (χ3v) is 5.19. The number of ether oxygens (including phenoxy) is 1. The zero-order valence-corrected chi connectivity index (χ0v) is 17.2. The maximum atomic E-state index is 5.99. The number of rotatable bonds is 7. The Bertz CT molecular complexity index is 758. The largest absolute Gasteiger partial charge is 0.430 e. The van der Waals surface area contributed by atoms with Gasteiger partial charge in [0, 0.05) is 36.4 Å². The van der Waals surface area contributed by atoms with Crippen molar-refractivity contribution in [3.63, 3.8) is 0 Å². The number of hydrogen-bond donors (Lipinski definition) is 0. The van der Waals surface area contributed by atoms with Crippen molar-refractivity contribution in [3.05, 3.63) is 29.1 Å². The lowest BCUT2D eigenvalue weighted by molar-refractivity contribution is 0.465. The summed E-state index contributed by atoms with van der Waals surface area (Å²) in [6.07, 6.45) is 1.84. The van der Waals surface area contributed by atoms with Crippen molar-refractivity contribution in [1.82, 2.24) is 14.3 Å². The predicted molar refractivity (Wildman–Crippen MR) is 106 cm³/mol. The SMILES string of the molecule is CCN(C)/C=N\c1cc(C)c(Oc2nc(C(C)(C)CCl)ns2)cc1C. The van der Waals surface area contributed by atoms with E-state index in [-0.39, 0.29) is 5.41 Å². The first-order valence-electron chi connectivity index (χ1n) is 8.20. The molecule has 0 aliphatic heterocycles. The average Bonchev–Trinajstić information content (AvgIpc) is 3.05. The third-order valence-electron chi connectivity index (χ3n) is 3.93. The van der Waals surface area contributed by atoms with Crippen LogP contribution in [0.15, 0.2) is 17.1 Å². The minimum atomic E-state index is -0.269. The fraction of sp³-hybridized carbons (Fsp3) is 0.500. The zero-order valence-electron chi connectivity index (χ0n) is 15.6. The number of nitrogens with zero attached hydrogens (tertiary/aromatic N) is 4. The van der Waals surface area contributed by atoms with Gasteiger partial charge in [0.25, 0.3) is 5.19 Å². The van der Waals surface area contributed by atoms with E-state index in [0.29, 0.717) is 16.9 Å². The molecule has 0 radical (unpaired) electrons. The summed E-state index contributed by atoms with van der Waals surface area (Å²) in [7, 11) is 2.00. The Morgan fingerprint density at radius 1 is 1.32 bits per heavy atom. The van der Waals surface area contributed by atoms with E-state index in [9.17, 15) is 0 Å². The van der Waals surface area contributed by atoms with Crippen LogP contribution in [-0.4, -0.2) is 40.1 Å². The van der Waals surface area contributed by atoms with E-state index in [4.69, 9.17) is 16.3 Å². The summed E-state index contributed by atoms with van der Waals surface area (Å²) in [6, 6.07) is 4.01. The Morgan fingerprint density at radius 2 is 2.04 bits per heavy atom. The van der Waals surface area contributed by atoms with Gasteiger partial charge in [-0.1, -0.05) is 13.8 Å². The molecule has 5 nitrogen and oxygen atoms in total. The molecule has 0 aliphatic rings. The molecule has 25 heavy (non-hydrogen) atoms. The van der Waals surface area contributed by atoms with E-state index in [1.54, 1.807) is 0 Å². The molecule has 0 unspecified atom stereocenters. The molecule has 0 saturated carbocycles. The molecule has 1 aromatic carbocycles. The molecule has 0 aliphatic carbocycles. The summed E-state index contributed by atoms with van der Waals surface area (Å²) >= 11 is 7.23. The third kappa shape index (κ3) is 4.92. The van der Waals surface area contributed by atoms with Gasteiger partial charge in [0.1, 0.15) is 5.75 Å². The second kappa shape index (κ2) is 8.15. The second-order valence-electron chi connectivity index (χ2n) is 6.73. The van der Waals surface area contributed by atoms with Crippen LogP contribution in [0.4, 0.5) is 5.69 Å². The smallest absolute Gasteiger partial charge is 0.298 e. The first kappa shape index (κ1) is 19.7. The van der Waals surface area contributed by atoms with Gasteiger partial charge in [-0.25, -0.2) is 4.99 Å². The van der Waals surface area contributed by atoms with Gasteiger partial charge in [0.2, 0.25) is 0 Å². The number of benzene rings is 1. The van der Waals surface area contributed by atoms with Crippen molar-refractivity contribution in [2.75, 3.05) is 19.5 Å². The minimum Gasteiger partial charge on any atom is -0.430 e.